The van der Waals surface area contributed by atoms with Gasteiger partial charge in [-0.25, -0.2) is 0 Å². The number of nitrogens with two attached hydrogens (primary N) is 1. The number of carbonyl (C=O) groups excluding carboxylic acids is 1. The topological polar surface area (TPSA) is 101 Å². The molecule has 1 amide bonds. The van der Waals surface area contributed by atoms with Crippen molar-refractivity contribution in [2.24, 2.45) is 12.8 Å². The highest BCUT2D eigenvalue weighted by atomic mass is 16.4. The van der Waals surface area contributed by atoms with Gasteiger partial charge in [-0.1, -0.05) is 0 Å². The predicted molar refractivity (Wildman–Crippen MR) is 57.4 cm³/mol. The lowest BCUT2D eigenvalue weighted by Gasteiger charge is -2.17. The van der Waals surface area contributed by atoms with Gasteiger partial charge in [0.15, 0.2) is 0 Å². The Morgan fingerprint density at radius 2 is 2.12 bits per heavy atom. The maximum atomic E-state index is 11.2. The van der Waals surface area contributed by atoms with Gasteiger partial charge < -0.3 is 15.7 Å². The Kier molecular flexibility index (Phi) is 3.17. The molecule has 0 unspecified atom stereocenters. The second-order valence-electron chi connectivity index (χ2n) is 3.52. The summed E-state index contributed by atoms with van der Waals surface area (Å²) >= 11 is 0. The zero-order chi connectivity index (χ0) is 12.5. The lowest BCUT2D eigenvalue weighted by atomic mass is 10.2. The Balaban J connectivity index is 3.21. The molecule has 0 bridgehead atoms. The average molecular weight is 226 g/mol. The molecular formula is C9H14N4O3. The van der Waals surface area contributed by atoms with E-state index in [0.29, 0.717) is 11.5 Å². The van der Waals surface area contributed by atoms with Gasteiger partial charge in [-0.2, -0.15) is 5.10 Å². The molecule has 0 atom stereocenters. The van der Waals surface area contributed by atoms with Crippen molar-refractivity contribution in [3.63, 3.8) is 0 Å². The Morgan fingerprint density at radius 3 is 2.56 bits per heavy atom. The van der Waals surface area contributed by atoms with E-state index in [-0.39, 0.29) is 12.1 Å². The third-order valence-corrected chi connectivity index (χ3v) is 2.17. The van der Waals surface area contributed by atoms with Gasteiger partial charge in [0.25, 0.3) is 5.91 Å². The van der Waals surface area contributed by atoms with Crippen LogP contribution in [-0.2, 0) is 11.8 Å². The molecular weight excluding hydrogens is 212 g/mol. The molecule has 88 valence electrons. The van der Waals surface area contributed by atoms with Crippen LogP contribution in [0.3, 0.4) is 0 Å². The summed E-state index contributed by atoms with van der Waals surface area (Å²) in [7, 11) is 3.20. The maximum absolute atomic E-state index is 11.2. The molecule has 1 rings (SSSR count). The van der Waals surface area contributed by atoms with Crippen molar-refractivity contribution >= 4 is 17.7 Å². The lowest BCUT2D eigenvalue weighted by Crippen LogP contribution is -2.29. The zero-order valence-electron chi connectivity index (χ0n) is 9.39. The standard InChI is InChI=1S/C9H14N4O3/c1-5-7(8(10)16)9(13(3)11-5)12(2)4-6(14)15/h4H2,1-3H3,(H2,10,16)(H,14,15). The van der Waals surface area contributed by atoms with Crippen molar-refractivity contribution in [3.05, 3.63) is 11.3 Å². The van der Waals surface area contributed by atoms with Crippen molar-refractivity contribution in [3.8, 4) is 0 Å². The summed E-state index contributed by atoms with van der Waals surface area (Å²) in [5, 5.41) is 12.7. The first-order valence-electron chi connectivity index (χ1n) is 4.61. The number of carboxylic acid groups (broad SMARTS) is 1. The van der Waals surface area contributed by atoms with Crippen LogP contribution >= 0.6 is 0 Å². The van der Waals surface area contributed by atoms with Crippen LogP contribution in [0.5, 0.6) is 0 Å². The molecule has 0 saturated heterocycles. The summed E-state index contributed by atoms with van der Waals surface area (Å²) in [5.41, 5.74) is 5.97. The summed E-state index contributed by atoms with van der Waals surface area (Å²) in [6.07, 6.45) is 0. The number of aryl methyl sites for hydroxylation is 2. The Hall–Kier alpha value is -2.05. The van der Waals surface area contributed by atoms with E-state index >= 15 is 0 Å². The fourth-order valence-corrected chi connectivity index (χ4v) is 1.65. The average Bonchev–Trinajstić information content (AvgIpc) is 2.39. The Labute approximate surface area is 92.4 Å². The van der Waals surface area contributed by atoms with Gasteiger partial charge in [0, 0.05) is 14.1 Å². The van der Waals surface area contributed by atoms with E-state index in [1.165, 1.54) is 9.58 Å². The van der Waals surface area contributed by atoms with Crippen LogP contribution in [0.2, 0.25) is 0 Å². The van der Waals surface area contributed by atoms with E-state index in [4.69, 9.17) is 10.8 Å². The summed E-state index contributed by atoms with van der Waals surface area (Å²) in [6.45, 7) is 1.43. The third-order valence-electron chi connectivity index (χ3n) is 2.17. The number of nitrogens with zero attached hydrogens (tertiary/aromatic N) is 3. The zero-order valence-corrected chi connectivity index (χ0v) is 9.39. The quantitative estimate of drug-likeness (QED) is 0.710. The van der Waals surface area contributed by atoms with E-state index in [0.717, 1.165) is 0 Å². The molecule has 16 heavy (non-hydrogen) atoms. The highest BCUT2D eigenvalue weighted by Crippen LogP contribution is 2.21. The monoisotopic (exact) mass is 226 g/mol. The highest BCUT2D eigenvalue weighted by molar-refractivity contribution is 5.99. The number of rotatable bonds is 4. The molecule has 0 fully saturated rings. The van der Waals surface area contributed by atoms with Gasteiger partial charge in [-0.05, 0) is 6.92 Å². The van der Waals surface area contributed by atoms with Gasteiger partial charge >= 0.3 is 5.97 Å². The molecule has 1 aromatic heterocycles. The molecule has 1 aromatic rings. The number of carboxylic acids is 1. The van der Waals surface area contributed by atoms with E-state index in [9.17, 15) is 9.59 Å². The first-order valence-corrected chi connectivity index (χ1v) is 4.61. The number of amides is 1. The van der Waals surface area contributed by atoms with Crippen molar-refractivity contribution in [2.45, 2.75) is 6.92 Å². The van der Waals surface area contributed by atoms with Crippen LogP contribution in [0.15, 0.2) is 0 Å². The van der Waals surface area contributed by atoms with Gasteiger partial charge in [-0.3, -0.25) is 14.3 Å². The largest absolute Gasteiger partial charge is 0.480 e. The molecule has 7 nitrogen and oxygen atoms in total. The normalized spacial score (nSPS) is 10.2. The molecule has 0 spiro atoms. The van der Waals surface area contributed by atoms with E-state index in [2.05, 4.69) is 5.10 Å². The summed E-state index contributed by atoms with van der Waals surface area (Å²) in [5.74, 6) is -1.19. The second kappa shape index (κ2) is 4.21. The van der Waals surface area contributed by atoms with Crippen molar-refractivity contribution in [1.82, 2.24) is 9.78 Å². The molecule has 0 aliphatic heterocycles. The minimum atomic E-state index is -0.989. The van der Waals surface area contributed by atoms with Crippen LogP contribution in [0.25, 0.3) is 0 Å². The van der Waals surface area contributed by atoms with Gasteiger partial charge in [0.2, 0.25) is 0 Å². The molecule has 3 N–H and O–H groups in total. The van der Waals surface area contributed by atoms with Crippen LogP contribution in [0.4, 0.5) is 5.82 Å². The number of hydrogen-bond donors (Lipinski definition) is 2. The smallest absolute Gasteiger partial charge is 0.323 e. The molecule has 1 heterocycles. The molecule has 0 aliphatic rings. The third kappa shape index (κ3) is 2.13. The number of anilines is 1. The number of hydrogen-bond acceptors (Lipinski definition) is 4. The Bertz CT molecular complexity index is 438. The van der Waals surface area contributed by atoms with Crippen LogP contribution < -0.4 is 10.6 Å². The molecule has 0 aliphatic carbocycles. The summed E-state index contributed by atoms with van der Waals surface area (Å²) in [4.78, 5) is 23.3. The van der Waals surface area contributed by atoms with Crippen LogP contribution in [0.1, 0.15) is 16.1 Å². The Morgan fingerprint density at radius 1 is 1.56 bits per heavy atom. The van der Waals surface area contributed by atoms with E-state index in [1.807, 2.05) is 0 Å². The fraction of sp³-hybridized carbons (Fsp3) is 0.444. The van der Waals surface area contributed by atoms with Crippen molar-refractivity contribution < 1.29 is 14.7 Å². The molecule has 0 aromatic carbocycles. The number of likely N-dealkylation sites (N-methyl/N-ethyl adjacent to an activating group) is 1. The maximum Gasteiger partial charge on any atom is 0.323 e. The second-order valence-corrected chi connectivity index (χ2v) is 3.52. The highest BCUT2D eigenvalue weighted by Gasteiger charge is 2.21. The molecule has 0 radical (unpaired) electrons. The summed E-state index contributed by atoms with van der Waals surface area (Å²) in [6, 6.07) is 0. The minimum absolute atomic E-state index is 0.223. The van der Waals surface area contributed by atoms with Crippen LogP contribution in [-0.4, -0.2) is 40.4 Å². The van der Waals surface area contributed by atoms with Gasteiger partial charge in [0.1, 0.15) is 17.9 Å². The SMILES string of the molecule is Cc1nn(C)c(N(C)CC(=O)O)c1C(N)=O. The van der Waals surface area contributed by atoms with Crippen LogP contribution in [0, 0.1) is 6.92 Å². The van der Waals surface area contributed by atoms with Gasteiger partial charge in [0.05, 0.1) is 5.69 Å². The summed E-state index contributed by atoms with van der Waals surface area (Å²) < 4.78 is 1.44. The van der Waals surface area contributed by atoms with Gasteiger partial charge in [-0.15, -0.1) is 0 Å². The van der Waals surface area contributed by atoms with Crippen molar-refractivity contribution in [2.75, 3.05) is 18.5 Å². The number of aromatic nitrogens is 2. The molecule has 0 saturated carbocycles. The number of carbonyl (C=O) groups is 2. The predicted octanol–water partition coefficient (Wildman–Crippen LogP) is -0.652. The van der Waals surface area contributed by atoms with Crippen molar-refractivity contribution in [1.29, 1.82) is 0 Å². The van der Waals surface area contributed by atoms with E-state index in [1.54, 1.807) is 21.0 Å². The minimum Gasteiger partial charge on any atom is -0.480 e. The first kappa shape index (κ1) is 12.0. The molecule has 7 heteroatoms. The lowest BCUT2D eigenvalue weighted by molar-refractivity contribution is -0.135. The number of aliphatic carboxylic acids is 1. The fourth-order valence-electron chi connectivity index (χ4n) is 1.65. The van der Waals surface area contributed by atoms with E-state index < -0.39 is 11.9 Å². The number of primary amides is 1. The first-order chi connectivity index (χ1) is 7.34.